The van der Waals surface area contributed by atoms with Crippen LogP contribution in [0.4, 0.5) is 0 Å². The molecule has 0 saturated carbocycles. The smallest absolute Gasteiger partial charge is 0.158 e. The zero-order chi connectivity index (χ0) is 6.57. The van der Waals surface area contributed by atoms with Crippen molar-refractivity contribution in [2.45, 2.75) is 20.3 Å². The Hall–Kier alpha value is -0.110. The van der Waals surface area contributed by atoms with Gasteiger partial charge in [-0.2, -0.15) is 0 Å². The first kappa shape index (κ1) is 7.89. The zero-order valence-corrected chi connectivity index (χ0v) is 6.66. The Bertz CT molecular complexity index is 116. The molecule has 0 aromatic carbocycles. The minimum Gasteiger partial charge on any atom is -0.295 e. The lowest BCUT2D eigenvalue weighted by molar-refractivity contribution is -0.115. The molecule has 0 fully saturated rings. The van der Waals surface area contributed by atoms with Gasteiger partial charge in [-0.15, -0.1) is 0 Å². The van der Waals surface area contributed by atoms with Crippen LogP contribution in [0.15, 0.2) is 10.6 Å². The monoisotopic (exact) mass is 176 g/mol. The van der Waals surface area contributed by atoms with Crippen LogP contribution in [0.2, 0.25) is 0 Å². The molecule has 0 bridgehead atoms. The third kappa shape index (κ3) is 2.26. The summed E-state index contributed by atoms with van der Waals surface area (Å²) >= 11 is 3.07. The van der Waals surface area contributed by atoms with Crippen molar-refractivity contribution >= 4 is 21.7 Å². The minimum atomic E-state index is 0.196. The van der Waals surface area contributed by atoms with Crippen LogP contribution in [0, 0.1) is 0 Å². The van der Waals surface area contributed by atoms with Crippen LogP contribution in [0.3, 0.4) is 0 Å². The van der Waals surface area contributed by atoms with Gasteiger partial charge >= 0.3 is 0 Å². The van der Waals surface area contributed by atoms with E-state index in [-0.39, 0.29) is 5.78 Å². The normalized spacial score (nSPS) is 11.6. The van der Waals surface area contributed by atoms with E-state index in [2.05, 4.69) is 15.9 Å². The standard InChI is InChI=1S/C6H9BrO/c1-3-6(8)5(2)4-7/h4H,3H2,1-2H3/b5-4+. The first-order valence-corrected chi connectivity index (χ1v) is 3.44. The number of carbonyl (C=O) groups excluding carboxylic acids is 1. The van der Waals surface area contributed by atoms with Crippen LogP contribution in [-0.4, -0.2) is 5.78 Å². The largest absolute Gasteiger partial charge is 0.295 e. The molecule has 0 rings (SSSR count). The Morgan fingerprint density at radius 1 is 1.75 bits per heavy atom. The molecule has 0 spiro atoms. The number of rotatable bonds is 2. The van der Waals surface area contributed by atoms with Crippen molar-refractivity contribution in [3.05, 3.63) is 10.6 Å². The van der Waals surface area contributed by atoms with Gasteiger partial charge in [0.15, 0.2) is 5.78 Å². The Balaban J connectivity index is 3.83. The van der Waals surface area contributed by atoms with E-state index in [1.165, 1.54) is 0 Å². The molecular formula is C6H9BrO. The summed E-state index contributed by atoms with van der Waals surface area (Å²) in [6.07, 6.45) is 0.591. The molecular weight excluding hydrogens is 168 g/mol. The summed E-state index contributed by atoms with van der Waals surface area (Å²) in [5.74, 6) is 0.196. The van der Waals surface area contributed by atoms with Crippen molar-refractivity contribution in [2.24, 2.45) is 0 Å². The third-order valence-corrected chi connectivity index (χ3v) is 1.61. The van der Waals surface area contributed by atoms with Crippen LogP contribution in [-0.2, 0) is 4.79 Å². The van der Waals surface area contributed by atoms with Crippen LogP contribution < -0.4 is 0 Å². The SMILES string of the molecule is CCC(=O)/C(C)=C/Br. The lowest BCUT2D eigenvalue weighted by atomic mass is 10.2. The molecule has 0 atom stereocenters. The molecule has 46 valence electrons. The van der Waals surface area contributed by atoms with Crippen molar-refractivity contribution in [1.29, 1.82) is 0 Å². The Labute approximate surface area is 57.9 Å². The summed E-state index contributed by atoms with van der Waals surface area (Å²) in [5, 5.41) is 0. The van der Waals surface area contributed by atoms with Gasteiger partial charge in [0, 0.05) is 6.42 Å². The summed E-state index contributed by atoms with van der Waals surface area (Å²) in [7, 11) is 0. The Morgan fingerprint density at radius 3 is 2.38 bits per heavy atom. The number of carbonyl (C=O) groups is 1. The third-order valence-electron chi connectivity index (χ3n) is 0.925. The predicted octanol–water partition coefficient (Wildman–Crippen LogP) is 2.26. The van der Waals surface area contributed by atoms with Gasteiger partial charge in [0.05, 0.1) is 0 Å². The summed E-state index contributed by atoms with van der Waals surface area (Å²) in [5.41, 5.74) is 0.785. The second-order valence-electron chi connectivity index (χ2n) is 1.57. The quantitative estimate of drug-likeness (QED) is 0.591. The van der Waals surface area contributed by atoms with E-state index >= 15 is 0 Å². The number of halogens is 1. The fraction of sp³-hybridized carbons (Fsp3) is 0.500. The van der Waals surface area contributed by atoms with Crippen molar-refractivity contribution < 1.29 is 4.79 Å². The van der Waals surface area contributed by atoms with Gasteiger partial charge in [0.1, 0.15) is 0 Å². The van der Waals surface area contributed by atoms with Crippen LogP contribution >= 0.6 is 15.9 Å². The summed E-state index contributed by atoms with van der Waals surface area (Å²) < 4.78 is 0. The van der Waals surface area contributed by atoms with E-state index in [4.69, 9.17) is 0 Å². The molecule has 0 N–H and O–H groups in total. The van der Waals surface area contributed by atoms with Gasteiger partial charge in [-0.05, 0) is 17.5 Å². The van der Waals surface area contributed by atoms with Gasteiger partial charge in [-0.1, -0.05) is 22.9 Å². The fourth-order valence-electron chi connectivity index (χ4n) is 0.340. The molecule has 0 unspecified atom stereocenters. The van der Waals surface area contributed by atoms with Crippen molar-refractivity contribution in [1.82, 2.24) is 0 Å². The highest BCUT2D eigenvalue weighted by Crippen LogP contribution is 2.00. The van der Waals surface area contributed by atoms with Crippen molar-refractivity contribution in [2.75, 3.05) is 0 Å². The molecule has 0 heterocycles. The van der Waals surface area contributed by atoms with E-state index in [0.29, 0.717) is 6.42 Å². The second kappa shape index (κ2) is 3.84. The molecule has 0 aromatic heterocycles. The lowest BCUT2D eigenvalue weighted by Crippen LogP contribution is -1.94. The molecule has 8 heavy (non-hydrogen) atoms. The molecule has 0 radical (unpaired) electrons. The molecule has 0 aliphatic heterocycles. The Kier molecular flexibility index (Phi) is 3.79. The molecule has 0 amide bonds. The maximum absolute atomic E-state index is 10.6. The van der Waals surface area contributed by atoms with Gasteiger partial charge in [0.25, 0.3) is 0 Å². The minimum absolute atomic E-state index is 0.196. The first-order valence-electron chi connectivity index (χ1n) is 2.52. The molecule has 2 heteroatoms. The number of Topliss-reactive ketones (excluding diaryl/α,β-unsaturated/α-hetero) is 1. The molecule has 0 aliphatic rings. The number of allylic oxidation sites excluding steroid dienone is 1. The predicted molar refractivity (Wildman–Crippen MR) is 38.0 cm³/mol. The number of hydrogen-bond donors (Lipinski definition) is 0. The maximum Gasteiger partial charge on any atom is 0.158 e. The summed E-state index contributed by atoms with van der Waals surface area (Å²) in [6.45, 7) is 3.64. The lowest BCUT2D eigenvalue weighted by Gasteiger charge is -1.90. The molecule has 0 aliphatic carbocycles. The van der Waals surface area contributed by atoms with E-state index in [9.17, 15) is 4.79 Å². The van der Waals surface area contributed by atoms with Crippen molar-refractivity contribution in [3.8, 4) is 0 Å². The zero-order valence-electron chi connectivity index (χ0n) is 5.07. The van der Waals surface area contributed by atoms with E-state index in [0.717, 1.165) is 5.57 Å². The first-order chi connectivity index (χ1) is 3.72. The van der Waals surface area contributed by atoms with Crippen LogP contribution in [0.25, 0.3) is 0 Å². The summed E-state index contributed by atoms with van der Waals surface area (Å²) in [4.78, 5) is 12.3. The van der Waals surface area contributed by atoms with Crippen molar-refractivity contribution in [3.63, 3.8) is 0 Å². The van der Waals surface area contributed by atoms with Crippen LogP contribution in [0.5, 0.6) is 0 Å². The highest BCUT2D eigenvalue weighted by atomic mass is 79.9. The molecule has 1 nitrogen and oxygen atoms in total. The van der Waals surface area contributed by atoms with E-state index < -0.39 is 0 Å². The second-order valence-corrected chi connectivity index (χ2v) is 2.03. The Morgan fingerprint density at radius 2 is 2.25 bits per heavy atom. The van der Waals surface area contributed by atoms with Gasteiger partial charge in [0.2, 0.25) is 0 Å². The van der Waals surface area contributed by atoms with E-state index in [1.54, 1.807) is 11.9 Å². The molecule has 0 saturated heterocycles. The van der Waals surface area contributed by atoms with Gasteiger partial charge < -0.3 is 0 Å². The summed E-state index contributed by atoms with van der Waals surface area (Å²) in [6, 6.07) is 0. The fourth-order valence-corrected chi connectivity index (χ4v) is 0.595. The number of ketones is 1. The number of hydrogen-bond acceptors (Lipinski definition) is 1. The van der Waals surface area contributed by atoms with E-state index in [1.807, 2.05) is 6.92 Å². The van der Waals surface area contributed by atoms with Gasteiger partial charge in [-0.3, -0.25) is 4.79 Å². The van der Waals surface area contributed by atoms with Gasteiger partial charge in [-0.25, -0.2) is 0 Å². The average Bonchev–Trinajstić information content (AvgIpc) is 1.84. The van der Waals surface area contributed by atoms with Crippen LogP contribution in [0.1, 0.15) is 20.3 Å². The topological polar surface area (TPSA) is 17.1 Å². The molecule has 0 aromatic rings. The highest BCUT2D eigenvalue weighted by Gasteiger charge is 1.96. The maximum atomic E-state index is 10.6. The average molecular weight is 177 g/mol. The highest BCUT2D eigenvalue weighted by molar-refractivity contribution is 9.11.